The Hall–Kier alpha value is -2.22. The Morgan fingerprint density at radius 1 is 1.13 bits per heavy atom. The molecule has 1 aliphatic heterocycles. The van der Waals surface area contributed by atoms with E-state index in [0.717, 1.165) is 19.5 Å². The van der Waals surface area contributed by atoms with E-state index in [0.29, 0.717) is 31.2 Å². The van der Waals surface area contributed by atoms with Crippen molar-refractivity contribution in [3.8, 4) is 0 Å². The molecule has 1 heterocycles. The monoisotopic (exact) mass is 429 g/mol. The van der Waals surface area contributed by atoms with Crippen molar-refractivity contribution in [1.82, 2.24) is 9.21 Å². The molecule has 30 heavy (non-hydrogen) atoms. The number of carbonyl (C=O) groups is 1. The topological polar surface area (TPSA) is 69.7 Å². The number of anilines is 1. The first kappa shape index (κ1) is 22.5. The molecule has 2 aromatic rings. The molecule has 7 heteroatoms. The van der Waals surface area contributed by atoms with Crippen molar-refractivity contribution in [2.24, 2.45) is 0 Å². The third kappa shape index (κ3) is 5.09. The van der Waals surface area contributed by atoms with Crippen LogP contribution in [0.3, 0.4) is 0 Å². The number of nitrogens with zero attached hydrogens (tertiary/aromatic N) is 2. The van der Waals surface area contributed by atoms with E-state index in [1.54, 1.807) is 18.2 Å². The van der Waals surface area contributed by atoms with E-state index in [2.05, 4.69) is 35.3 Å². The Morgan fingerprint density at radius 2 is 1.87 bits per heavy atom. The Bertz CT molecular complexity index is 987. The van der Waals surface area contributed by atoms with Gasteiger partial charge in [-0.3, -0.25) is 9.69 Å². The lowest BCUT2D eigenvalue weighted by molar-refractivity contribution is -0.117. The summed E-state index contributed by atoms with van der Waals surface area (Å²) in [5.41, 5.74) is 3.15. The summed E-state index contributed by atoms with van der Waals surface area (Å²) in [6.07, 6.45) is 1.04. The first-order valence-corrected chi connectivity index (χ1v) is 12.0. The second kappa shape index (κ2) is 9.73. The number of aryl methyl sites for hydroxylation is 1. The zero-order chi connectivity index (χ0) is 21.7. The average Bonchev–Trinajstić information content (AvgIpc) is 3.17. The molecule has 0 aliphatic carbocycles. The van der Waals surface area contributed by atoms with E-state index in [-0.39, 0.29) is 10.8 Å². The Labute approximate surface area is 179 Å². The number of benzene rings is 2. The highest BCUT2D eigenvalue weighted by Gasteiger charge is 2.26. The second-order valence-electron chi connectivity index (χ2n) is 7.74. The lowest BCUT2D eigenvalue weighted by Crippen LogP contribution is -2.32. The molecule has 1 N–H and O–H groups in total. The van der Waals surface area contributed by atoms with Gasteiger partial charge in [0.25, 0.3) is 0 Å². The van der Waals surface area contributed by atoms with Crippen molar-refractivity contribution < 1.29 is 13.2 Å². The fourth-order valence-corrected chi connectivity index (χ4v) is 5.63. The van der Waals surface area contributed by atoms with Crippen molar-refractivity contribution in [3.05, 3.63) is 59.7 Å². The van der Waals surface area contributed by atoms with Gasteiger partial charge >= 0.3 is 0 Å². The molecule has 1 aliphatic rings. The molecule has 2 aromatic carbocycles. The predicted molar refractivity (Wildman–Crippen MR) is 120 cm³/mol. The zero-order valence-electron chi connectivity index (χ0n) is 18.0. The molecule has 1 fully saturated rings. The normalized spacial score (nSPS) is 17.4. The number of amides is 1. The summed E-state index contributed by atoms with van der Waals surface area (Å²) in [5.74, 6) is 0.319. The van der Waals surface area contributed by atoms with E-state index in [4.69, 9.17) is 0 Å². The van der Waals surface area contributed by atoms with Crippen LogP contribution in [0.4, 0.5) is 5.69 Å². The molecule has 1 saturated heterocycles. The van der Waals surface area contributed by atoms with Crippen molar-refractivity contribution in [1.29, 1.82) is 0 Å². The third-order valence-corrected chi connectivity index (χ3v) is 7.77. The Balaban J connectivity index is 1.61. The van der Waals surface area contributed by atoms with Gasteiger partial charge < -0.3 is 5.32 Å². The third-order valence-electron chi connectivity index (χ3n) is 5.73. The first-order valence-electron chi connectivity index (χ1n) is 10.5. The minimum atomic E-state index is -3.55. The summed E-state index contributed by atoms with van der Waals surface area (Å²) in [5, 5.41) is 2.86. The van der Waals surface area contributed by atoms with Crippen molar-refractivity contribution in [3.63, 3.8) is 0 Å². The van der Waals surface area contributed by atoms with Gasteiger partial charge in [0.05, 0.1) is 11.4 Å². The van der Waals surface area contributed by atoms with Gasteiger partial charge in [0.15, 0.2) is 0 Å². The van der Waals surface area contributed by atoms with Crippen LogP contribution in [0.5, 0.6) is 0 Å². The predicted octanol–water partition coefficient (Wildman–Crippen LogP) is 3.45. The van der Waals surface area contributed by atoms with Crippen LogP contribution >= 0.6 is 0 Å². The molecule has 0 bridgehead atoms. The Morgan fingerprint density at radius 3 is 2.57 bits per heavy atom. The lowest BCUT2D eigenvalue weighted by Gasteiger charge is -2.19. The quantitative estimate of drug-likeness (QED) is 0.698. The largest absolute Gasteiger partial charge is 0.325 e. The number of hydrogen-bond acceptors (Lipinski definition) is 4. The molecule has 0 aromatic heterocycles. The molecular formula is C23H31N3O3S. The van der Waals surface area contributed by atoms with Crippen LogP contribution in [-0.2, 0) is 14.8 Å². The van der Waals surface area contributed by atoms with E-state index in [9.17, 15) is 13.2 Å². The second-order valence-corrected chi connectivity index (χ2v) is 9.68. The minimum absolute atomic E-state index is 0.127. The van der Waals surface area contributed by atoms with Crippen LogP contribution in [0.2, 0.25) is 0 Å². The number of sulfonamides is 1. The van der Waals surface area contributed by atoms with Gasteiger partial charge in [0.1, 0.15) is 0 Å². The van der Waals surface area contributed by atoms with E-state index in [1.165, 1.54) is 21.5 Å². The van der Waals surface area contributed by atoms with Crippen LogP contribution in [-0.4, -0.2) is 56.3 Å². The molecule has 3 rings (SSSR count). The smallest absolute Gasteiger partial charge is 0.243 e. The molecule has 1 atom stereocenters. The van der Waals surface area contributed by atoms with Crippen molar-refractivity contribution in [2.45, 2.75) is 38.0 Å². The van der Waals surface area contributed by atoms with Crippen molar-refractivity contribution >= 4 is 21.6 Å². The van der Waals surface area contributed by atoms with Gasteiger partial charge in [-0.15, -0.1) is 0 Å². The standard InChI is InChI=1S/C23H31N3O3S/c1-4-26(5-2)30(28,29)21-11-8-10-20(15-21)24-23(27)17-25-14-13-19(16-25)22-12-7-6-9-18(22)3/h6-12,15,19H,4-5,13-14,16-17H2,1-3H3,(H,24,27). The summed E-state index contributed by atoms with van der Waals surface area (Å²) in [6.45, 7) is 8.61. The number of rotatable bonds is 8. The van der Waals surface area contributed by atoms with Crippen LogP contribution in [0.15, 0.2) is 53.4 Å². The van der Waals surface area contributed by atoms with E-state index < -0.39 is 10.0 Å². The molecule has 162 valence electrons. The molecule has 0 saturated carbocycles. The fourth-order valence-electron chi connectivity index (χ4n) is 4.13. The molecule has 1 amide bonds. The summed E-state index contributed by atoms with van der Waals surface area (Å²) < 4.78 is 26.8. The van der Waals surface area contributed by atoms with Gasteiger partial charge in [0.2, 0.25) is 15.9 Å². The number of nitrogens with one attached hydrogen (secondary N) is 1. The number of likely N-dealkylation sites (tertiary alicyclic amines) is 1. The van der Waals surface area contributed by atoms with Crippen LogP contribution in [0, 0.1) is 6.92 Å². The summed E-state index contributed by atoms with van der Waals surface area (Å²) >= 11 is 0. The van der Waals surface area contributed by atoms with Crippen molar-refractivity contribution in [2.75, 3.05) is 38.0 Å². The number of carbonyl (C=O) groups excluding carboxylic acids is 1. The first-order chi connectivity index (χ1) is 14.3. The molecule has 6 nitrogen and oxygen atoms in total. The van der Waals surface area contributed by atoms with Gasteiger partial charge in [-0.2, -0.15) is 4.31 Å². The maximum absolute atomic E-state index is 12.7. The zero-order valence-corrected chi connectivity index (χ0v) is 18.8. The van der Waals surface area contributed by atoms with Gasteiger partial charge in [-0.25, -0.2) is 8.42 Å². The van der Waals surface area contributed by atoms with Crippen LogP contribution in [0.1, 0.15) is 37.3 Å². The Kier molecular flexibility index (Phi) is 7.28. The highest BCUT2D eigenvalue weighted by atomic mass is 32.2. The fraction of sp³-hybridized carbons (Fsp3) is 0.435. The average molecular weight is 430 g/mol. The van der Waals surface area contributed by atoms with Gasteiger partial charge in [-0.05, 0) is 55.1 Å². The number of hydrogen-bond donors (Lipinski definition) is 1. The van der Waals surface area contributed by atoms with E-state index in [1.807, 2.05) is 19.9 Å². The maximum Gasteiger partial charge on any atom is 0.243 e. The highest BCUT2D eigenvalue weighted by molar-refractivity contribution is 7.89. The summed E-state index contributed by atoms with van der Waals surface area (Å²) in [7, 11) is -3.55. The lowest BCUT2D eigenvalue weighted by atomic mass is 9.94. The molecule has 1 unspecified atom stereocenters. The molecular weight excluding hydrogens is 398 g/mol. The minimum Gasteiger partial charge on any atom is -0.325 e. The van der Waals surface area contributed by atoms with Crippen LogP contribution < -0.4 is 5.32 Å². The highest BCUT2D eigenvalue weighted by Crippen LogP contribution is 2.29. The van der Waals surface area contributed by atoms with Gasteiger partial charge in [-0.1, -0.05) is 44.2 Å². The summed E-state index contributed by atoms with van der Waals surface area (Å²) in [6, 6.07) is 14.9. The summed E-state index contributed by atoms with van der Waals surface area (Å²) in [4.78, 5) is 14.9. The van der Waals surface area contributed by atoms with Gasteiger partial charge in [0, 0.05) is 25.3 Å². The molecule has 0 spiro atoms. The maximum atomic E-state index is 12.7. The van der Waals surface area contributed by atoms with E-state index >= 15 is 0 Å². The molecule has 0 radical (unpaired) electrons. The van der Waals surface area contributed by atoms with Crippen LogP contribution in [0.25, 0.3) is 0 Å². The SMILES string of the molecule is CCN(CC)S(=O)(=O)c1cccc(NC(=O)CN2CCC(c3ccccc3C)C2)c1.